The molecule has 6 rings (SSSR count). The Morgan fingerprint density at radius 1 is 0.881 bits per heavy atom. The van der Waals surface area contributed by atoms with Gasteiger partial charge < -0.3 is 29.5 Å². The van der Waals surface area contributed by atoms with E-state index in [1.807, 2.05) is 29.2 Å². The van der Waals surface area contributed by atoms with Crippen molar-refractivity contribution in [1.29, 1.82) is 0 Å². The SMILES string of the molecule is O=C(O)C1C[C@@H]2CN1C(=O)[C@H](C1CCCC1)NC(O)O[C@@H]1CCC[C@H]1CCCCCN1C(=O)c3ccccc3CC1O2. The topological polar surface area (TPSA) is 129 Å². The van der Waals surface area contributed by atoms with E-state index in [1.165, 1.54) is 4.90 Å². The molecule has 3 aliphatic heterocycles. The van der Waals surface area contributed by atoms with Crippen molar-refractivity contribution in [3.8, 4) is 0 Å². The van der Waals surface area contributed by atoms with E-state index in [0.717, 1.165) is 76.2 Å². The van der Waals surface area contributed by atoms with Gasteiger partial charge in [0.25, 0.3) is 5.91 Å². The van der Waals surface area contributed by atoms with Gasteiger partial charge in [-0.3, -0.25) is 14.9 Å². The Labute approximate surface area is 247 Å². The first-order chi connectivity index (χ1) is 20.4. The summed E-state index contributed by atoms with van der Waals surface area (Å²) in [4.78, 5) is 43.3. The molecule has 3 heterocycles. The Kier molecular flexibility index (Phi) is 9.14. The standard InChI is InChI=1S/C32H45N3O7/c36-29-24-14-6-5-12-22(24)17-27-34(29)16-7-1-2-9-20-13-8-15-26(20)42-32(40)33-28(21-10-3-4-11-21)30(37)35-19-23(41-27)18-25(35)31(38)39/h5-6,12,14,20-21,23,25-28,32-33,40H,1-4,7-11,13,15-19H2,(H,38,39)/t20-,23-,25?,26-,27?,28+,32?/m1/s1. The first-order valence-corrected chi connectivity index (χ1v) is 16.1. The number of carbonyl (C=O) groups is 3. The van der Waals surface area contributed by atoms with Gasteiger partial charge in [0.1, 0.15) is 12.3 Å². The lowest BCUT2D eigenvalue weighted by Gasteiger charge is -2.38. The van der Waals surface area contributed by atoms with Crippen molar-refractivity contribution in [2.75, 3.05) is 13.1 Å². The summed E-state index contributed by atoms with van der Waals surface area (Å²) < 4.78 is 12.6. The molecular weight excluding hydrogens is 538 g/mol. The Morgan fingerprint density at radius 2 is 1.62 bits per heavy atom. The number of hydrogen-bond acceptors (Lipinski definition) is 7. The molecule has 4 fully saturated rings. The summed E-state index contributed by atoms with van der Waals surface area (Å²) in [6, 6.07) is 5.84. The van der Waals surface area contributed by atoms with Crippen molar-refractivity contribution in [1.82, 2.24) is 15.1 Å². The molecule has 10 heteroatoms. The van der Waals surface area contributed by atoms with E-state index in [0.29, 0.717) is 24.4 Å². The zero-order chi connectivity index (χ0) is 29.2. The number of amides is 2. The largest absolute Gasteiger partial charge is 0.480 e. The molecule has 2 amide bonds. The number of ether oxygens (including phenoxy) is 2. The van der Waals surface area contributed by atoms with Gasteiger partial charge >= 0.3 is 5.97 Å². The second-order valence-electron chi connectivity index (χ2n) is 12.9. The highest BCUT2D eigenvalue weighted by atomic mass is 16.6. The first-order valence-electron chi connectivity index (χ1n) is 16.1. The van der Waals surface area contributed by atoms with Crippen molar-refractivity contribution in [2.45, 2.75) is 120 Å². The van der Waals surface area contributed by atoms with E-state index in [-0.39, 0.29) is 36.8 Å². The average molecular weight is 584 g/mol. The Balaban J connectivity index is 1.28. The van der Waals surface area contributed by atoms with Gasteiger partial charge in [-0.15, -0.1) is 0 Å². The maximum Gasteiger partial charge on any atom is 0.326 e. The second-order valence-corrected chi connectivity index (χ2v) is 12.9. The fraction of sp³-hybridized carbons (Fsp3) is 0.719. The fourth-order valence-corrected chi connectivity index (χ4v) is 8.07. The second kappa shape index (κ2) is 13.0. The molecule has 10 nitrogen and oxygen atoms in total. The molecule has 1 aromatic rings. The number of carboxylic acids is 1. The van der Waals surface area contributed by atoms with Crippen LogP contribution in [0.25, 0.3) is 0 Å². The van der Waals surface area contributed by atoms with Crippen LogP contribution in [-0.4, -0.2) is 87.8 Å². The average Bonchev–Trinajstić information content (AvgIpc) is 3.74. The molecule has 0 radical (unpaired) electrons. The number of fused-ring (bicyclic) bond motifs is 5. The van der Waals surface area contributed by atoms with E-state index < -0.39 is 36.8 Å². The Morgan fingerprint density at radius 3 is 2.43 bits per heavy atom. The molecule has 0 aromatic heterocycles. The number of benzene rings is 1. The minimum atomic E-state index is -1.29. The molecule has 2 saturated heterocycles. The summed E-state index contributed by atoms with van der Waals surface area (Å²) in [5, 5.41) is 24.2. The van der Waals surface area contributed by atoms with Crippen LogP contribution in [0.2, 0.25) is 0 Å². The number of aliphatic hydroxyl groups is 1. The molecule has 0 spiro atoms. The normalized spacial score (nSPS) is 35.3. The fourth-order valence-electron chi connectivity index (χ4n) is 8.07. The lowest BCUT2D eigenvalue weighted by atomic mass is 9.96. The molecule has 5 aliphatic rings. The van der Waals surface area contributed by atoms with E-state index in [1.54, 1.807) is 0 Å². The number of carbonyl (C=O) groups excluding carboxylic acids is 2. The molecule has 7 atom stereocenters. The Hall–Kier alpha value is -2.53. The van der Waals surface area contributed by atoms with Crippen LogP contribution in [0.3, 0.4) is 0 Å². The molecule has 230 valence electrons. The van der Waals surface area contributed by atoms with Crippen molar-refractivity contribution >= 4 is 17.8 Å². The van der Waals surface area contributed by atoms with Gasteiger partial charge in [-0.05, 0) is 62.0 Å². The van der Waals surface area contributed by atoms with Gasteiger partial charge in [0.2, 0.25) is 12.3 Å². The third-order valence-corrected chi connectivity index (χ3v) is 10.3. The highest BCUT2D eigenvalue weighted by Gasteiger charge is 2.46. The number of carboxylic acid groups (broad SMARTS) is 1. The van der Waals surface area contributed by atoms with Crippen LogP contribution in [0.15, 0.2) is 24.3 Å². The quantitative estimate of drug-likeness (QED) is 0.484. The van der Waals surface area contributed by atoms with E-state index in [9.17, 15) is 24.6 Å². The zero-order valence-electron chi connectivity index (χ0n) is 24.4. The molecular formula is C32H45N3O7. The number of aliphatic hydroxyl groups excluding tert-OH is 1. The smallest absolute Gasteiger partial charge is 0.326 e. The summed E-state index contributed by atoms with van der Waals surface area (Å²) in [7, 11) is 0. The van der Waals surface area contributed by atoms with E-state index in [2.05, 4.69) is 5.32 Å². The maximum absolute atomic E-state index is 14.1. The summed E-state index contributed by atoms with van der Waals surface area (Å²) >= 11 is 0. The highest BCUT2D eigenvalue weighted by molar-refractivity contribution is 5.97. The van der Waals surface area contributed by atoms with Gasteiger partial charge in [-0.1, -0.05) is 50.3 Å². The molecule has 3 unspecified atom stereocenters. The van der Waals surface area contributed by atoms with Crippen LogP contribution >= 0.6 is 0 Å². The molecule has 2 aliphatic carbocycles. The molecule has 42 heavy (non-hydrogen) atoms. The number of nitrogens with zero attached hydrogens (tertiary/aromatic N) is 2. The predicted octanol–water partition coefficient (Wildman–Crippen LogP) is 3.27. The van der Waals surface area contributed by atoms with Crippen molar-refractivity contribution < 1.29 is 34.1 Å². The summed E-state index contributed by atoms with van der Waals surface area (Å²) in [6.45, 7) is 0.690. The lowest BCUT2D eigenvalue weighted by Crippen LogP contribution is -2.56. The zero-order valence-corrected chi connectivity index (χ0v) is 24.4. The molecule has 2 saturated carbocycles. The summed E-state index contributed by atoms with van der Waals surface area (Å²) in [6.07, 6.45) is 8.75. The molecule has 3 N–H and O–H groups in total. The van der Waals surface area contributed by atoms with E-state index >= 15 is 0 Å². The van der Waals surface area contributed by atoms with Gasteiger partial charge in [0, 0.05) is 31.5 Å². The third kappa shape index (κ3) is 6.23. The maximum atomic E-state index is 14.1. The number of hydrogen-bond donors (Lipinski definition) is 3. The lowest BCUT2D eigenvalue weighted by molar-refractivity contribution is -0.175. The van der Waals surface area contributed by atoms with Crippen molar-refractivity contribution in [3.63, 3.8) is 0 Å². The Bertz CT molecular complexity index is 1140. The molecule has 2 bridgehead atoms. The number of nitrogens with one attached hydrogen (secondary N) is 1. The number of rotatable bonds is 2. The van der Waals surface area contributed by atoms with Crippen molar-refractivity contribution in [2.24, 2.45) is 11.8 Å². The minimum absolute atomic E-state index is 0.00177. The van der Waals surface area contributed by atoms with Gasteiger partial charge in [0.15, 0.2) is 0 Å². The highest BCUT2D eigenvalue weighted by Crippen LogP contribution is 2.35. The van der Waals surface area contributed by atoms with Gasteiger partial charge in [-0.2, -0.15) is 0 Å². The summed E-state index contributed by atoms with van der Waals surface area (Å²) in [5.74, 6) is -1.11. The van der Waals surface area contributed by atoms with Crippen LogP contribution in [-0.2, 0) is 25.5 Å². The van der Waals surface area contributed by atoms with Crippen LogP contribution in [0.4, 0.5) is 0 Å². The monoisotopic (exact) mass is 583 g/mol. The first kappa shape index (κ1) is 29.5. The third-order valence-electron chi connectivity index (χ3n) is 10.3. The van der Waals surface area contributed by atoms with Crippen LogP contribution in [0.5, 0.6) is 0 Å². The van der Waals surface area contributed by atoms with E-state index in [4.69, 9.17) is 9.47 Å². The van der Waals surface area contributed by atoms with Gasteiger partial charge in [0.05, 0.1) is 18.2 Å². The van der Waals surface area contributed by atoms with Crippen molar-refractivity contribution in [3.05, 3.63) is 35.4 Å². The van der Waals surface area contributed by atoms with Crippen LogP contribution in [0.1, 0.15) is 93.0 Å². The van der Waals surface area contributed by atoms with Gasteiger partial charge in [-0.25, -0.2) is 4.79 Å². The predicted molar refractivity (Wildman–Crippen MR) is 153 cm³/mol. The minimum Gasteiger partial charge on any atom is -0.480 e. The van der Waals surface area contributed by atoms with Crippen LogP contribution < -0.4 is 5.32 Å². The number of aliphatic carboxylic acids is 1. The summed E-state index contributed by atoms with van der Waals surface area (Å²) in [5.41, 5.74) is 1.62. The molecule has 1 aromatic carbocycles. The van der Waals surface area contributed by atoms with Crippen LogP contribution in [0, 0.1) is 11.8 Å².